The molecule has 0 saturated carbocycles. The van der Waals surface area contributed by atoms with Gasteiger partial charge in [-0.2, -0.15) is 0 Å². The molecule has 6 nitrogen and oxygen atoms in total. The Morgan fingerprint density at radius 3 is 2.60 bits per heavy atom. The zero-order valence-electron chi connectivity index (χ0n) is 16.3. The maximum absolute atomic E-state index is 13.0. The quantitative estimate of drug-likeness (QED) is 0.573. The lowest BCUT2D eigenvalue weighted by atomic mass is 10.1. The maximum atomic E-state index is 13.0. The fraction of sp³-hybridized carbons (Fsp3) is 0.227. The summed E-state index contributed by atoms with van der Waals surface area (Å²) in [6, 6.07) is 16.2. The molecule has 1 saturated heterocycles. The molecule has 1 aliphatic heterocycles. The van der Waals surface area contributed by atoms with Gasteiger partial charge in [-0.15, -0.1) is 0 Å². The topological polar surface area (TPSA) is 58.6 Å². The monoisotopic (exact) mass is 442 g/mol. The summed E-state index contributed by atoms with van der Waals surface area (Å²) in [4.78, 5) is 25.5. The lowest BCUT2D eigenvalue weighted by Crippen LogP contribution is -2.54. The third-order valence-corrected chi connectivity index (χ3v) is 5.51. The van der Waals surface area contributed by atoms with E-state index in [4.69, 9.17) is 27.9 Å². The van der Waals surface area contributed by atoms with E-state index in [-0.39, 0.29) is 11.9 Å². The first kappa shape index (κ1) is 20.4. The van der Waals surface area contributed by atoms with Gasteiger partial charge >= 0.3 is 0 Å². The second-order valence-corrected chi connectivity index (χ2v) is 7.89. The molecule has 154 valence electrons. The van der Waals surface area contributed by atoms with Gasteiger partial charge in [0.2, 0.25) is 5.88 Å². The molecule has 0 bridgehead atoms. The molecule has 4 rings (SSSR count). The Balaban J connectivity index is 1.45. The molecule has 3 aromatic rings. The van der Waals surface area contributed by atoms with Crippen LogP contribution in [0.15, 0.2) is 60.9 Å². The average Bonchev–Trinajstić information content (AvgIpc) is 2.74. The largest absolute Gasteiger partial charge is 0.439 e. The normalized spacial score (nSPS) is 16.4. The highest BCUT2D eigenvalue weighted by Gasteiger charge is 2.30. The number of halogens is 2. The summed E-state index contributed by atoms with van der Waals surface area (Å²) < 4.78 is 5.81. The Labute approximate surface area is 185 Å². The molecule has 2 heterocycles. The third-order valence-electron chi connectivity index (χ3n) is 4.97. The fourth-order valence-electron chi connectivity index (χ4n) is 3.45. The van der Waals surface area contributed by atoms with Crippen molar-refractivity contribution in [2.24, 2.45) is 0 Å². The van der Waals surface area contributed by atoms with Gasteiger partial charge in [-0.25, -0.2) is 9.97 Å². The van der Waals surface area contributed by atoms with Crippen LogP contribution in [-0.2, 0) is 0 Å². The van der Waals surface area contributed by atoms with Crippen LogP contribution in [0.2, 0.25) is 10.0 Å². The maximum Gasteiger partial charge on any atom is 0.255 e. The molecule has 1 fully saturated rings. The van der Waals surface area contributed by atoms with Crippen LogP contribution in [0.3, 0.4) is 0 Å². The molecule has 30 heavy (non-hydrogen) atoms. The summed E-state index contributed by atoms with van der Waals surface area (Å²) in [6.45, 7) is 3.84. The first-order valence-electron chi connectivity index (χ1n) is 9.57. The number of nitrogens with zero attached hydrogens (tertiary/aromatic N) is 4. The lowest BCUT2D eigenvalue weighted by Gasteiger charge is -2.40. The molecule has 1 aromatic heterocycles. The highest BCUT2D eigenvalue weighted by molar-refractivity contribution is 6.36. The molecule has 0 aliphatic carbocycles. The standard InChI is InChI=1S/C22H20Cl2N4O2/c1-15-13-27(9-10-28(15)22(29)18-8-7-16(23)11-19(18)24)20-12-21(26-14-25-20)30-17-5-3-2-4-6-17/h2-8,11-12,14-15H,9-10,13H2,1H3. The number of carbonyl (C=O) groups is 1. The van der Waals surface area contributed by atoms with Crippen molar-refractivity contribution < 1.29 is 9.53 Å². The van der Waals surface area contributed by atoms with E-state index >= 15 is 0 Å². The highest BCUT2D eigenvalue weighted by atomic mass is 35.5. The molecule has 2 aromatic carbocycles. The number of para-hydroxylation sites is 1. The van der Waals surface area contributed by atoms with Crippen molar-refractivity contribution in [1.82, 2.24) is 14.9 Å². The van der Waals surface area contributed by atoms with Gasteiger partial charge in [0.05, 0.1) is 10.6 Å². The minimum Gasteiger partial charge on any atom is -0.439 e. The van der Waals surface area contributed by atoms with Crippen LogP contribution in [0.25, 0.3) is 0 Å². The number of benzene rings is 2. The lowest BCUT2D eigenvalue weighted by molar-refractivity contribution is 0.0674. The second-order valence-electron chi connectivity index (χ2n) is 7.05. The van der Waals surface area contributed by atoms with Gasteiger partial charge in [-0.05, 0) is 37.3 Å². The summed E-state index contributed by atoms with van der Waals surface area (Å²) in [5.41, 5.74) is 0.460. The van der Waals surface area contributed by atoms with Crippen molar-refractivity contribution in [3.05, 3.63) is 76.5 Å². The van der Waals surface area contributed by atoms with E-state index < -0.39 is 0 Å². The van der Waals surface area contributed by atoms with Crippen molar-refractivity contribution in [3.8, 4) is 11.6 Å². The van der Waals surface area contributed by atoms with Crippen LogP contribution in [0.5, 0.6) is 11.6 Å². The van der Waals surface area contributed by atoms with E-state index in [1.54, 1.807) is 18.2 Å². The molecule has 8 heteroatoms. The number of hydrogen-bond donors (Lipinski definition) is 0. The third kappa shape index (κ3) is 4.50. The summed E-state index contributed by atoms with van der Waals surface area (Å²) in [5.74, 6) is 1.86. The van der Waals surface area contributed by atoms with Gasteiger partial charge in [0.15, 0.2) is 0 Å². The molecule has 1 atom stereocenters. The van der Waals surface area contributed by atoms with Gasteiger partial charge in [-0.1, -0.05) is 41.4 Å². The second kappa shape index (κ2) is 8.90. The summed E-state index contributed by atoms with van der Waals surface area (Å²) in [7, 11) is 0. The number of piperazine rings is 1. The van der Waals surface area contributed by atoms with E-state index in [9.17, 15) is 4.79 Å². The van der Waals surface area contributed by atoms with Crippen molar-refractivity contribution in [3.63, 3.8) is 0 Å². The van der Waals surface area contributed by atoms with Crippen molar-refractivity contribution in [2.45, 2.75) is 13.0 Å². The van der Waals surface area contributed by atoms with Gasteiger partial charge < -0.3 is 14.5 Å². The minimum atomic E-state index is -0.0976. The molecule has 1 unspecified atom stereocenters. The smallest absolute Gasteiger partial charge is 0.255 e. The van der Waals surface area contributed by atoms with Crippen LogP contribution >= 0.6 is 23.2 Å². The summed E-state index contributed by atoms with van der Waals surface area (Å²) in [5, 5.41) is 0.868. The number of hydrogen-bond acceptors (Lipinski definition) is 5. The van der Waals surface area contributed by atoms with Gasteiger partial charge in [0, 0.05) is 36.8 Å². The van der Waals surface area contributed by atoms with Crippen LogP contribution in [0.1, 0.15) is 17.3 Å². The Morgan fingerprint density at radius 2 is 1.87 bits per heavy atom. The van der Waals surface area contributed by atoms with Gasteiger partial charge in [-0.3, -0.25) is 4.79 Å². The summed E-state index contributed by atoms with van der Waals surface area (Å²) >= 11 is 12.2. The number of aromatic nitrogens is 2. The van der Waals surface area contributed by atoms with Crippen LogP contribution < -0.4 is 9.64 Å². The number of rotatable bonds is 4. The molecule has 1 aliphatic rings. The SMILES string of the molecule is CC1CN(c2cc(Oc3ccccc3)ncn2)CCN1C(=O)c1ccc(Cl)cc1Cl. The molecular weight excluding hydrogens is 423 g/mol. The van der Waals surface area contributed by atoms with E-state index in [1.165, 1.54) is 6.33 Å². The van der Waals surface area contributed by atoms with Crippen LogP contribution in [0, 0.1) is 0 Å². The van der Waals surface area contributed by atoms with E-state index in [0.29, 0.717) is 46.9 Å². The van der Waals surface area contributed by atoms with Gasteiger partial charge in [0.1, 0.15) is 17.9 Å². The highest BCUT2D eigenvalue weighted by Crippen LogP contribution is 2.26. The molecule has 0 N–H and O–H groups in total. The van der Waals surface area contributed by atoms with E-state index in [1.807, 2.05) is 48.2 Å². The number of ether oxygens (including phenoxy) is 1. The Morgan fingerprint density at radius 1 is 1.07 bits per heavy atom. The minimum absolute atomic E-state index is 0.0218. The fourth-order valence-corrected chi connectivity index (χ4v) is 3.94. The molecule has 0 radical (unpaired) electrons. The Hall–Kier alpha value is -2.83. The molecular formula is C22H20Cl2N4O2. The molecule has 0 spiro atoms. The number of carbonyl (C=O) groups excluding carboxylic acids is 1. The van der Waals surface area contributed by atoms with E-state index in [0.717, 1.165) is 5.82 Å². The first-order chi connectivity index (χ1) is 14.5. The number of amides is 1. The average molecular weight is 443 g/mol. The van der Waals surface area contributed by atoms with Crippen molar-refractivity contribution in [1.29, 1.82) is 0 Å². The molecule has 1 amide bonds. The Bertz CT molecular complexity index is 1050. The van der Waals surface area contributed by atoms with Crippen LogP contribution in [-0.4, -0.2) is 46.5 Å². The van der Waals surface area contributed by atoms with Crippen molar-refractivity contribution >= 4 is 34.9 Å². The van der Waals surface area contributed by atoms with Crippen molar-refractivity contribution in [2.75, 3.05) is 24.5 Å². The summed E-state index contributed by atoms with van der Waals surface area (Å²) in [6.07, 6.45) is 1.49. The zero-order valence-corrected chi connectivity index (χ0v) is 17.8. The predicted octanol–water partition coefficient (Wildman–Crippen LogP) is 4.93. The van der Waals surface area contributed by atoms with E-state index in [2.05, 4.69) is 14.9 Å². The first-order valence-corrected chi connectivity index (χ1v) is 10.3. The van der Waals surface area contributed by atoms with Gasteiger partial charge in [0.25, 0.3) is 5.91 Å². The zero-order chi connectivity index (χ0) is 21.1. The predicted molar refractivity (Wildman–Crippen MR) is 118 cm³/mol. The number of anilines is 1. The van der Waals surface area contributed by atoms with Crippen LogP contribution in [0.4, 0.5) is 5.82 Å². The Kier molecular flexibility index (Phi) is 6.06.